The lowest BCUT2D eigenvalue weighted by Crippen LogP contribution is -2.55. The van der Waals surface area contributed by atoms with E-state index >= 15 is 0 Å². The number of ether oxygens (including phenoxy) is 2. The predicted molar refractivity (Wildman–Crippen MR) is 58.4 cm³/mol. The molecule has 1 fully saturated rings. The molecule has 0 aromatic rings. The zero-order valence-corrected chi connectivity index (χ0v) is 10.1. The summed E-state index contributed by atoms with van der Waals surface area (Å²) in [5, 5.41) is 3.35. The van der Waals surface area contributed by atoms with E-state index in [0.29, 0.717) is 13.2 Å². The molecule has 3 N–H and O–H groups in total. The zero-order valence-electron chi connectivity index (χ0n) is 9.14. The van der Waals surface area contributed by atoms with Crippen molar-refractivity contribution in [3.05, 3.63) is 0 Å². The van der Waals surface area contributed by atoms with E-state index < -0.39 is 14.3 Å². The van der Waals surface area contributed by atoms with Crippen molar-refractivity contribution < 1.29 is 9.47 Å². The molecule has 1 radical (unpaired) electrons. The van der Waals surface area contributed by atoms with Crippen LogP contribution in [0.15, 0.2) is 0 Å². The van der Waals surface area contributed by atoms with Crippen LogP contribution in [0.1, 0.15) is 13.8 Å². The van der Waals surface area contributed by atoms with Crippen LogP contribution in [0.2, 0.25) is 12.1 Å². The molecular weight excluding hydrogens is 196 g/mol. The summed E-state index contributed by atoms with van der Waals surface area (Å²) in [6.45, 7) is 7.11. The van der Waals surface area contributed by atoms with Gasteiger partial charge in [-0.25, -0.2) is 0 Å². The van der Waals surface area contributed by atoms with Gasteiger partial charge in [-0.3, -0.25) is 5.32 Å². The quantitative estimate of drug-likeness (QED) is 0.496. The fourth-order valence-electron chi connectivity index (χ4n) is 1.89. The van der Waals surface area contributed by atoms with Crippen molar-refractivity contribution in [1.29, 1.82) is 0 Å². The second kappa shape index (κ2) is 5.82. The molecule has 0 spiro atoms. The molecule has 0 unspecified atom stereocenters. The summed E-state index contributed by atoms with van der Waals surface area (Å²) in [5.41, 5.74) is 5.14. The van der Waals surface area contributed by atoms with E-state index in [0.717, 1.165) is 19.1 Å². The Morgan fingerprint density at radius 2 is 2.00 bits per heavy atom. The zero-order chi connectivity index (χ0) is 10.4. The summed E-state index contributed by atoms with van der Waals surface area (Å²) < 4.78 is 11.5. The first-order valence-corrected chi connectivity index (χ1v) is 7.28. The highest BCUT2D eigenvalue weighted by Gasteiger charge is 2.45. The van der Waals surface area contributed by atoms with Crippen molar-refractivity contribution in [3.8, 4) is 0 Å². The van der Waals surface area contributed by atoms with Crippen LogP contribution in [-0.2, 0) is 9.47 Å². The highest BCUT2D eigenvalue weighted by molar-refractivity contribution is 6.62. The van der Waals surface area contributed by atoms with Gasteiger partial charge in [-0.05, 0) is 39.0 Å². The van der Waals surface area contributed by atoms with Crippen LogP contribution >= 0.6 is 0 Å². The second-order valence-electron chi connectivity index (χ2n) is 3.30. The average Bonchev–Trinajstić information content (AvgIpc) is 2.51. The number of nitrogens with two attached hydrogens (primary N) is 1. The van der Waals surface area contributed by atoms with Gasteiger partial charge < -0.3 is 15.2 Å². The third-order valence-electron chi connectivity index (χ3n) is 2.39. The summed E-state index contributed by atoms with van der Waals surface area (Å²) >= 11 is 0. The molecule has 0 aliphatic carbocycles. The standard InChI is InChI=1S/C9H21N2O2Si/c1-3-12-9(13-4-2)11-6-8-14(9)7-5-10/h11H,3-8,10H2,1-2H3. The van der Waals surface area contributed by atoms with E-state index in [1.54, 1.807) is 0 Å². The maximum Gasteiger partial charge on any atom is 0.202 e. The largest absolute Gasteiger partial charge is 0.342 e. The smallest absolute Gasteiger partial charge is 0.202 e. The Hall–Kier alpha value is 0.0569. The Morgan fingerprint density at radius 3 is 2.50 bits per heavy atom. The molecule has 0 bridgehead atoms. The summed E-state index contributed by atoms with van der Waals surface area (Å²) in [6.07, 6.45) is 0. The first kappa shape index (κ1) is 12.1. The molecule has 1 rings (SSSR count). The van der Waals surface area contributed by atoms with Gasteiger partial charge >= 0.3 is 0 Å². The maximum absolute atomic E-state index is 5.75. The van der Waals surface area contributed by atoms with E-state index in [1.165, 1.54) is 6.04 Å². The Kier molecular flexibility index (Phi) is 5.04. The number of hydrogen-bond donors (Lipinski definition) is 2. The summed E-state index contributed by atoms with van der Waals surface area (Å²) in [4.78, 5) is 0. The Bertz CT molecular complexity index is 163. The molecule has 0 saturated carbocycles. The number of hydrogen-bond acceptors (Lipinski definition) is 4. The maximum atomic E-state index is 5.75. The van der Waals surface area contributed by atoms with Crippen LogP contribution in [0.3, 0.4) is 0 Å². The minimum absolute atomic E-state index is 0.465. The van der Waals surface area contributed by atoms with Gasteiger partial charge in [0.05, 0.1) is 0 Å². The van der Waals surface area contributed by atoms with E-state index in [-0.39, 0.29) is 0 Å². The highest BCUT2D eigenvalue weighted by Crippen LogP contribution is 2.24. The second-order valence-corrected chi connectivity index (χ2v) is 6.17. The van der Waals surface area contributed by atoms with E-state index in [1.807, 2.05) is 13.8 Å². The van der Waals surface area contributed by atoms with Gasteiger partial charge in [0, 0.05) is 13.2 Å². The van der Waals surface area contributed by atoms with Crippen LogP contribution in [-0.4, -0.2) is 40.6 Å². The first-order chi connectivity index (χ1) is 6.79. The van der Waals surface area contributed by atoms with Crippen LogP contribution in [0.5, 0.6) is 0 Å². The summed E-state index contributed by atoms with van der Waals surface area (Å²) in [5.74, 6) is 0. The van der Waals surface area contributed by atoms with Gasteiger partial charge in [-0.15, -0.1) is 0 Å². The van der Waals surface area contributed by atoms with Gasteiger partial charge in [0.25, 0.3) is 0 Å². The molecule has 0 aromatic carbocycles. The molecule has 14 heavy (non-hydrogen) atoms. The van der Waals surface area contributed by atoms with Crippen molar-refractivity contribution in [2.45, 2.75) is 31.5 Å². The van der Waals surface area contributed by atoms with Crippen molar-refractivity contribution in [3.63, 3.8) is 0 Å². The van der Waals surface area contributed by atoms with E-state index in [4.69, 9.17) is 15.2 Å². The molecule has 0 aromatic heterocycles. The lowest BCUT2D eigenvalue weighted by molar-refractivity contribution is -0.191. The Balaban J connectivity index is 2.61. The Morgan fingerprint density at radius 1 is 1.36 bits per heavy atom. The molecule has 83 valence electrons. The van der Waals surface area contributed by atoms with Gasteiger partial charge in [0.15, 0.2) is 0 Å². The van der Waals surface area contributed by atoms with Crippen LogP contribution < -0.4 is 11.1 Å². The summed E-state index contributed by atoms with van der Waals surface area (Å²) in [7, 11) is -0.666. The van der Waals surface area contributed by atoms with Gasteiger partial charge in [0.2, 0.25) is 5.53 Å². The minimum Gasteiger partial charge on any atom is -0.342 e. The van der Waals surface area contributed by atoms with Crippen molar-refractivity contribution in [2.75, 3.05) is 26.3 Å². The lowest BCUT2D eigenvalue weighted by atomic mass is 10.7. The molecule has 0 amide bonds. The number of nitrogens with one attached hydrogen (secondary N) is 1. The van der Waals surface area contributed by atoms with Crippen LogP contribution in [0, 0.1) is 0 Å². The summed E-state index contributed by atoms with van der Waals surface area (Å²) in [6, 6.07) is 2.24. The molecule has 1 aliphatic heterocycles. The molecule has 1 saturated heterocycles. The fraction of sp³-hybridized carbons (Fsp3) is 1.00. The number of rotatable bonds is 6. The Labute approximate surface area is 87.7 Å². The molecule has 5 heteroatoms. The molecular formula is C9H21N2O2Si. The first-order valence-electron chi connectivity index (χ1n) is 5.37. The third kappa shape index (κ3) is 2.55. The van der Waals surface area contributed by atoms with Gasteiger partial charge in [-0.1, -0.05) is 0 Å². The highest BCUT2D eigenvalue weighted by atomic mass is 28.3. The lowest BCUT2D eigenvalue weighted by Gasteiger charge is -2.33. The predicted octanol–water partition coefficient (Wildman–Crippen LogP) is 0.309. The fourth-order valence-corrected chi connectivity index (χ4v) is 4.64. The topological polar surface area (TPSA) is 56.5 Å². The van der Waals surface area contributed by atoms with Gasteiger partial charge in [-0.2, -0.15) is 0 Å². The molecule has 1 heterocycles. The molecule has 4 nitrogen and oxygen atoms in total. The molecule has 0 atom stereocenters. The monoisotopic (exact) mass is 217 g/mol. The van der Waals surface area contributed by atoms with Gasteiger partial charge in [0.1, 0.15) is 8.80 Å². The minimum atomic E-state index is -0.666. The van der Waals surface area contributed by atoms with Crippen molar-refractivity contribution >= 4 is 8.80 Å². The SMILES string of the molecule is CCOC1(OCC)NCC[Si]1CCN. The van der Waals surface area contributed by atoms with Crippen molar-refractivity contribution in [1.82, 2.24) is 5.32 Å². The van der Waals surface area contributed by atoms with Crippen molar-refractivity contribution in [2.24, 2.45) is 5.73 Å². The molecule has 1 aliphatic rings. The normalized spacial score (nSPS) is 21.6. The average molecular weight is 217 g/mol. The van der Waals surface area contributed by atoms with Crippen LogP contribution in [0.25, 0.3) is 0 Å². The van der Waals surface area contributed by atoms with Crippen LogP contribution in [0.4, 0.5) is 0 Å². The van der Waals surface area contributed by atoms with E-state index in [9.17, 15) is 0 Å². The third-order valence-corrected chi connectivity index (χ3v) is 5.53. The van der Waals surface area contributed by atoms with E-state index in [2.05, 4.69) is 5.32 Å².